The van der Waals surface area contributed by atoms with Crippen LogP contribution in [0.1, 0.15) is 211 Å². The van der Waals surface area contributed by atoms with E-state index in [0.717, 1.165) is 152 Å². The molecular formula is C94H105Br5N10O6. The number of aromatic amines is 5. The van der Waals surface area contributed by atoms with Gasteiger partial charge in [-0.2, -0.15) is 0 Å². The first-order valence-corrected chi connectivity index (χ1v) is 44.5. The number of hydrogen-bond donors (Lipinski definition) is 8. The maximum atomic E-state index is 12.7. The summed E-state index contributed by atoms with van der Waals surface area (Å²) in [6.45, 7) is 17.8. The number of nitrogens with zero attached hydrogens (tertiary/aromatic N) is 2. The largest absolute Gasteiger partial charge is 0.497 e. The number of fused-ring (bicyclic) bond motifs is 18. The molecule has 0 fully saturated rings. The molecule has 21 heteroatoms. The van der Waals surface area contributed by atoms with Crippen molar-refractivity contribution in [2.45, 2.75) is 194 Å². The van der Waals surface area contributed by atoms with Gasteiger partial charge in [0.05, 0.1) is 36.2 Å². The Morgan fingerprint density at radius 1 is 0.504 bits per heavy atom. The Hall–Kier alpha value is -8.15. The first-order valence-electron chi connectivity index (χ1n) is 40.5. The predicted octanol–water partition coefficient (Wildman–Crippen LogP) is 26.6. The number of H-pyrrole nitrogens is 5. The molecule has 7 aromatic carbocycles. The zero-order valence-electron chi connectivity index (χ0n) is 67.3. The molecule has 6 aromatic heterocycles. The number of ether oxygens (including phenoxy) is 3. The van der Waals surface area contributed by atoms with E-state index in [1.165, 1.54) is 155 Å². The third kappa shape index (κ3) is 19.5. The second kappa shape index (κ2) is 36.8. The molecule has 6 aliphatic carbocycles. The van der Waals surface area contributed by atoms with Gasteiger partial charge in [-0.1, -0.05) is 130 Å². The van der Waals surface area contributed by atoms with Gasteiger partial charge in [0.25, 0.3) is 0 Å². The van der Waals surface area contributed by atoms with Gasteiger partial charge in [0, 0.05) is 124 Å². The summed E-state index contributed by atoms with van der Waals surface area (Å²) in [5, 5.41) is 21.6. The zero-order chi connectivity index (χ0) is 80.8. The molecule has 16 nitrogen and oxygen atoms in total. The molecule has 115 heavy (non-hydrogen) atoms. The van der Waals surface area contributed by atoms with Crippen molar-refractivity contribution >= 4 is 174 Å². The van der Waals surface area contributed by atoms with Crippen molar-refractivity contribution in [3.8, 4) is 5.75 Å². The minimum absolute atomic E-state index is 0.0173. The third-order valence-corrected chi connectivity index (χ3v) is 25.2. The molecule has 0 spiro atoms. The number of oxime groups is 1. The molecule has 0 saturated heterocycles. The Morgan fingerprint density at radius 2 is 1.00 bits per heavy atom. The van der Waals surface area contributed by atoms with E-state index in [4.69, 9.17) is 19.0 Å². The molecule has 8 N–H and O–H groups in total. The van der Waals surface area contributed by atoms with Gasteiger partial charge in [0.2, 0.25) is 0 Å². The Bertz CT molecular complexity index is 5730. The smallest absolute Gasteiger partial charge is 0.419 e. The van der Waals surface area contributed by atoms with E-state index in [1.54, 1.807) is 31.5 Å². The normalized spacial score (nSPS) is 17.1. The molecule has 0 bridgehead atoms. The number of carbonyl (C=O) groups excluding carboxylic acids is 2. The lowest BCUT2D eigenvalue weighted by Gasteiger charge is -2.26. The summed E-state index contributed by atoms with van der Waals surface area (Å²) in [5.74, 6) is 0.889. The number of benzene rings is 7. The highest BCUT2D eigenvalue weighted by atomic mass is 79.9. The van der Waals surface area contributed by atoms with Crippen LogP contribution in [-0.2, 0) is 59.3 Å². The van der Waals surface area contributed by atoms with E-state index in [2.05, 4.69) is 238 Å². The number of anilines is 1. The lowest BCUT2D eigenvalue weighted by atomic mass is 9.90. The van der Waals surface area contributed by atoms with Gasteiger partial charge in [0.1, 0.15) is 24.2 Å². The Balaban J connectivity index is 0.000000115. The molecule has 6 heterocycles. The van der Waals surface area contributed by atoms with Gasteiger partial charge in [-0.25, -0.2) is 14.2 Å². The monoisotopic (exact) mass is 1860 g/mol. The van der Waals surface area contributed by atoms with Crippen molar-refractivity contribution in [2.24, 2.45) is 10.6 Å². The van der Waals surface area contributed by atoms with Crippen LogP contribution in [0.5, 0.6) is 5.75 Å². The van der Waals surface area contributed by atoms with Crippen LogP contribution in [0.4, 0.5) is 15.3 Å². The maximum absolute atomic E-state index is 12.7. The standard InChI is InChI=1S/C19H18BrN3O.C18H25BrN2.C18H20BrNO2.C14H16N2O2.C13H14BrNO.C12H12BrN/c20-12-9-10-16-15(11-12)14-7-4-8-17(18(14)22-16)23-19(24)21-13-5-2-1-3-6-13;1-18(2,3)9-10-20-16-6-4-5-13-14-11-12(19)7-8-15(14)21-17(13)16;1-11-6-5-7-13-14-10-12(19)8-9-15(14)20(16(11)13)17(21)22-18(2,3)4;1-17-9-6-7-12-11(8-9)10-4-3-5-13(16-18-2)14(10)15-12;1-16-12-4-2-3-9-10-7-8(14)5-6-11(10)15-13(9)12;13-8-5-6-12-10(7-8)9-3-1-2-4-11(9)14-12/h1-3,5-6,9-11,17,22H,4,7-8H2,(H2,21,23,24);7-8,11,16,20-21H,4-6,9-10H2,1-3H3;8-10H,1,5-7H2,2-4H3;6-8,15H,3-5H2,1-2H3;5-7,12,15H,2-4H2,1H3;5-7,14H,1-4H2/b;;;16-13+;;. The van der Waals surface area contributed by atoms with E-state index >= 15 is 0 Å². The quantitative estimate of drug-likeness (QED) is 0.0691. The molecule has 3 atom stereocenters. The Labute approximate surface area is 716 Å². The summed E-state index contributed by atoms with van der Waals surface area (Å²) in [4.78, 5) is 47.6. The van der Waals surface area contributed by atoms with Crippen molar-refractivity contribution in [2.75, 3.05) is 33.2 Å². The SMILES string of the molecule is Brc1ccc2[nH]c3c(c2c1)CCCC3.C=C1CCCc2c1n(C(=O)OC(C)(C)C)c1ccc(Br)cc21.CC(C)(C)CCNC1CCCc2c1[nH]c1ccc(Br)cc21.CO/N=C1\CCCc2c1[nH]c1ccc(OC)cc21.COC1CCCc2c1[nH]c1ccc(Br)cc21.O=C(Nc1ccccc1)NC1CCCc2c1[nH]c1ccc(Br)cc21. The van der Waals surface area contributed by atoms with E-state index in [0.29, 0.717) is 11.5 Å². The summed E-state index contributed by atoms with van der Waals surface area (Å²) in [6, 6.07) is 47.7. The lowest BCUT2D eigenvalue weighted by molar-refractivity contribution is 0.0542. The molecule has 13 aromatic rings. The van der Waals surface area contributed by atoms with Crippen LogP contribution in [-0.4, -0.2) is 80.8 Å². The highest BCUT2D eigenvalue weighted by Crippen LogP contribution is 2.43. The molecule has 3 unspecified atom stereocenters. The number of urea groups is 1. The number of amides is 2. The maximum Gasteiger partial charge on any atom is 0.419 e. The zero-order valence-corrected chi connectivity index (χ0v) is 75.2. The molecular weight excluding hydrogens is 1760 g/mol. The van der Waals surface area contributed by atoms with Crippen LogP contribution in [0.3, 0.4) is 0 Å². The molecule has 2 amide bonds. The third-order valence-electron chi connectivity index (χ3n) is 22.7. The van der Waals surface area contributed by atoms with Crippen molar-refractivity contribution in [1.29, 1.82) is 0 Å². The van der Waals surface area contributed by atoms with E-state index in [9.17, 15) is 9.59 Å². The number of aromatic nitrogens is 6. The summed E-state index contributed by atoms with van der Waals surface area (Å²) >= 11 is 17.7. The van der Waals surface area contributed by atoms with Crippen LogP contribution in [0.15, 0.2) is 174 Å². The number of aryl methyl sites for hydroxylation is 7. The fraction of sp³-hybridized carbons (Fsp3) is 0.372. The Morgan fingerprint density at radius 3 is 1.60 bits per heavy atom. The topological polar surface area (TPSA) is 203 Å². The molecule has 602 valence electrons. The number of rotatable bonds is 8. The van der Waals surface area contributed by atoms with Gasteiger partial charge >= 0.3 is 12.1 Å². The van der Waals surface area contributed by atoms with Crippen molar-refractivity contribution in [3.63, 3.8) is 0 Å². The van der Waals surface area contributed by atoms with Crippen molar-refractivity contribution in [3.05, 3.63) is 236 Å². The number of methoxy groups -OCH3 is 2. The fourth-order valence-electron chi connectivity index (χ4n) is 17.4. The second-order valence-corrected chi connectivity index (χ2v) is 37.6. The van der Waals surface area contributed by atoms with Gasteiger partial charge < -0.3 is 59.9 Å². The summed E-state index contributed by atoms with van der Waals surface area (Å²) in [7, 11) is 5.08. The highest BCUT2D eigenvalue weighted by molar-refractivity contribution is 9.11. The van der Waals surface area contributed by atoms with Crippen LogP contribution in [0.25, 0.3) is 71.0 Å². The highest BCUT2D eigenvalue weighted by Gasteiger charge is 2.32. The predicted molar refractivity (Wildman–Crippen MR) is 490 cm³/mol. The molecule has 0 radical (unpaired) electrons. The van der Waals surface area contributed by atoms with Crippen LogP contribution >= 0.6 is 79.6 Å². The summed E-state index contributed by atoms with van der Waals surface area (Å²) in [6.07, 6.45) is 22.7. The van der Waals surface area contributed by atoms with Crippen LogP contribution in [0.2, 0.25) is 0 Å². The van der Waals surface area contributed by atoms with Crippen LogP contribution in [0, 0.1) is 5.41 Å². The second-order valence-electron chi connectivity index (χ2n) is 33.1. The number of allylic oxidation sites excluding steroid dienone is 1. The number of halogens is 5. The first kappa shape index (κ1) is 83.3. The Kier molecular flexibility index (Phi) is 26.7. The minimum atomic E-state index is -0.522. The van der Waals surface area contributed by atoms with Gasteiger partial charge in [-0.05, 0) is 321 Å². The minimum Gasteiger partial charge on any atom is -0.497 e. The fourth-order valence-corrected chi connectivity index (χ4v) is 19.2. The number of carbonyl (C=O) groups is 2. The average Bonchev–Trinajstić information content (AvgIpc) is 1.60. The van der Waals surface area contributed by atoms with E-state index < -0.39 is 5.60 Å². The van der Waals surface area contributed by atoms with Crippen molar-refractivity contribution in [1.82, 2.24) is 40.1 Å². The van der Waals surface area contributed by atoms with Crippen LogP contribution < -0.4 is 20.7 Å². The van der Waals surface area contributed by atoms with Crippen molar-refractivity contribution < 1.29 is 28.6 Å². The lowest BCUT2D eigenvalue weighted by Crippen LogP contribution is -2.34. The number of para-hydroxylation sites is 1. The summed E-state index contributed by atoms with van der Waals surface area (Å²) in [5.41, 5.74) is 25.3. The number of hydrogen-bond acceptors (Lipinski definition) is 8. The van der Waals surface area contributed by atoms with E-state index in [1.807, 2.05) is 75.4 Å². The van der Waals surface area contributed by atoms with Gasteiger partial charge in [-0.15, -0.1) is 0 Å². The summed E-state index contributed by atoms with van der Waals surface area (Å²) < 4.78 is 23.7. The van der Waals surface area contributed by atoms with Gasteiger partial charge in [0.15, 0.2) is 0 Å². The van der Waals surface area contributed by atoms with E-state index in [-0.39, 0.29) is 24.3 Å². The number of nitrogens with one attached hydrogen (secondary N) is 8. The molecule has 0 aliphatic heterocycles. The molecule has 19 rings (SSSR count). The average molecular weight is 1870 g/mol. The first-order chi connectivity index (χ1) is 55.4. The molecule has 0 saturated carbocycles. The van der Waals surface area contributed by atoms with Gasteiger partial charge in [-0.3, -0.25) is 0 Å². The molecule has 6 aliphatic rings.